The monoisotopic (exact) mass is 575 g/mol. The molecule has 0 spiro atoms. The molecular weight excluding hydrogens is 550 g/mol. The van der Waals surface area contributed by atoms with Gasteiger partial charge in [-0.1, -0.05) is 43.0 Å². The van der Waals surface area contributed by atoms with E-state index in [4.69, 9.17) is 30.8 Å². The van der Waals surface area contributed by atoms with Gasteiger partial charge in [-0.2, -0.15) is 9.78 Å². The zero-order valence-corrected chi connectivity index (χ0v) is 22.5. The third kappa shape index (κ3) is 5.57. The van der Waals surface area contributed by atoms with Crippen LogP contribution in [0.2, 0.25) is 5.02 Å². The van der Waals surface area contributed by atoms with Crippen LogP contribution in [-0.2, 0) is 9.53 Å². The third-order valence-corrected chi connectivity index (χ3v) is 7.52. The van der Waals surface area contributed by atoms with Crippen molar-refractivity contribution in [1.82, 2.24) is 9.66 Å². The van der Waals surface area contributed by atoms with Crippen LogP contribution in [0.3, 0.4) is 0 Å². The second-order valence-corrected chi connectivity index (χ2v) is 9.57. The minimum atomic E-state index is -0.518. The zero-order valence-electron chi connectivity index (χ0n) is 20.1. The van der Waals surface area contributed by atoms with Gasteiger partial charge in [-0.05, 0) is 53.9 Å². The Labute approximate surface area is 222 Å². The average Bonchev–Trinajstić information content (AvgIpc) is 2.90. The number of nitrogens with zero attached hydrogens (tertiary/aromatic N) is 3. The molecule has 8 nitrogen and oxygen atoms in total. The molecule has 1 aliphatic rings. The number of hydrogen-bond acceptors (Lipinski definition) is 7. The number of rotatable bonds is 8. The molecule has 0 radical (unpaired) electrons. The van der Waals surface area contributed by atoms with Crippen molar-refractivity contribution in [1.29, 1.82) is 0 Å². The summed E-state index contributed by atoms with van der Waals surface area (Å²) >= 11 is 10.0. The van der Waals surface area contributed by atoms with Gasteiger partial charge in [0, 0.05) is 16.0 Å². The summed E-state index contributed by atoms with van der Waals surface area (Å²) in [6, 6.07) is 8.97. The van der Waals surface area contributed by atoms with E-state index in [9.17, 15) is 9.59 Å². The Morgan fingerprint density at radius 2 is 2.03 bits per heavy atom. The van der Waals surface area contributed by atoms with Crippen LogP contribution >= 0.6 is 27.5 Å². The Kier molecular flexibility index (Phi) is 8.64. The van der Waals surface area contributed by atoms with Gasteiger partial charge in [0.1, 0.15) is 10.8 Å². The minimum absolute atomic E-state index is 0.161. The molecule has 1 saturated carbocycles. The summed E-state index contributed by atoms with van der Waals surface area (Å²) in [5, 5.41) is 5.28. The lowest BCUT2D eigenvalue weighted by atomic mass is 9.88. The molecule has 0 bridgehead atoms. The van der Waals surface area contributed by atoms with Crippen LogP contribution in [0.1, 0.15) is 56.3 Å². The van der Waals surface area contributed by atoms with E-state index in [2.05, 4.69) is 21.0 Å². The fraction of sp³-hybridized carbons (Fsp3) is 0.385. The van der Waals surface area contributed by atoms with Crippen molar-refractivity contribution < 1.29 is 19.0 Å². The standard InChI is InChI=1S/C26H27BrClN3O5/c1-3-35-21(32)15-36-24-20(34-2)13-17(22(27)23(24)28)14-29-31-25(16-9-5-4-6-10-16)30-19-12-8-7-11-18(19)26(31)33/h7-8,11-14,16H,3-6,9-10,15H2,1-2H3. The summed E-state index contributed by atoms with van der Waals surface area (Å²) in [5.41, 5.74) is 1.01. The number of halogens is 2. The number of ether oxygens (including phenoxy) is 3. The van der Waals surface area contributed by atoms with Gasteiger partial charge in [-0.3, -0.25) is 4.79 Å². The molecule has 0 saturated heterocycles. The summed E-state index contributed by atoms with van der Waals surface area (Å²) in [7, 11) is 1.47. The molecule has 0 unspecified atom stereocenters. The fourth-order valence-electron chi connectivity index (χ4n) is 4.32. The number of aromatic nitrogens is 2. The van der Waals surface area contributed by atoms with Gasteiger partial charge in [-0.25, -0.2) is 9.78 Å². The first kappa shape index (κ1) is 26.2. The Bertz CT molecular complexity index is 1350. The van der Waals surface area contributed by atoms with Crippen LogP contribution in [-0.4, -0.2) is 42.2 Å². The molecule has 0 amide bonds. The maximum absolute atomic E-state index is 13.4. The lowest BCUT2D eigenvalue weighted by Crippen LogP contribution is -2.25. The van der Waals surface area contributed by atoms with Crippen LogP contribution < -0.4 is 15.0 Å². The molecule has 1 aliphatic carbocycles. The minimum Gasteiger partial charge on any atom is -0.493 e. The van der Waals surface area contributed by atoms with E-state index in [0.29, 0.717) is 32.5 Å². The van der Waals surface area contributed by atoms with Gasteiger partial charge in [0.2, 0.25) is 0 Å². The fourth-order valence-corrected chi connectivity index (χ4v) is 4.97. The largest absolute Gasteiger partial charge is 0.493 e. The van der Waals surface area contributed by atoms with Gasteiger partial charge >= 0.3 is 5.97 Å². The number of hydrogen-bond donors (Lipinski definition) is 0. The number of carbonyl (C=O) groups is 1. The van der Waals surface area contributed by atoms with E-state index < -0.39 is 5.97 Å². The molecule has 3 aromatic rings. The maximum atomic E-state index is 13.4. The first-order chi connectivity index (χ1) is 17.4. The summed E-state index contributed by atoms with van der Waals surface area (Å²) in [5.74, 6) is 0.816. The van der Waals surface area contributed by atoms with Crippen molar-refractivity contribution in [2.75, 3.05) is 20.3 Å². The van der Waals surface area contributed by atoms with Crippen LogP contribution in [0.15, 0.2) is 44.7 Å². The smallest absolute Gasteiger partial charge is 0.344 e. The van der Waals surface area contributed by atoms with Crippen molar-refractivity contribution in [3.8, 4) is 11.5 Å². The molecule has 190 valence electrons. The summed E-state index contributed by atoms with van der Waals surface area (Å²) < 4.78 is 17.8. The topological polar surface area (TPSA) is 92.0 Å². The van der Waals surface area contributed by atoms with Gasteiger partial charge in [-0.15, -0.1) is 0 Å². The molecule has 0 N–H and O–H groups in total. The molecule has 0 aliphatic heterocycles. The molecule has 36 heavy (non-hydrogen) atoms. The van der Waals surface area contributed by atoms with E-state index in [1.807, 2.05) is 18.2 Å². The van der Waals surface area contributed by atoms with Crippen LogP contribution in [0.4, 0.5) is 0 Å². The highest BCUT2D eigenvalue weighted by molar-refractivity contribution is 9.10. The second-order valence-electron chi connectivity index (χ2n) is 8.40. The van der Waals surface area contributed by atoms with E-state index >= 15 is 0 Å². The van der Waals surface area contributed by atoms with Crippen molar-refractivity contribution in [3.05, 3.63) is 61.6 Å². The summed E-state index contributed by atoms with van der Waals surface area (Å²) in [6.07, 6.45) is 6.86. The molecule has 4 rings (SSSR count). The molecule has 1 fully saturated rings. The van der Waals surface area contributed by atoms with E-state index in [1.165, 1.54) is 24.4 Å². The van der Waals surface area contributed by atoms with E-state index in [0.717, 1.165) is 25.7 Å². The average molecular weight is 577 g/mol. The highest BCUT2D eigenvalue weighted by Crippen LogP contribution is 2.42. The second kappa shape index (κ2) is 11.9. The zero-order chi connectivity index (χ0) is 25.7. The quantitative estimate of drug-likeness (QED) is 0.253. The number of para-hydroxylation sites is 1. The Morgan fingerprint density at radius 1 is 1.28 bits per heavy atom. The third-order valence-electron chi connectivity index (χ3n) is 6.08. The highest BCUT2D eigenvalue weighted by atomic mass is 79.9. The summed E-state index contributed by atoms with van der Waals surface area (Å²) in [4.78, 5) is 30.0. The van der Waals surface area contributed by atoms with Crippen LogP contribution in [0, 0.1) is 0 Å². The number of fused-ring (bicyclic) bond motifs is 1. The van der Waals surface area contributed by atoms with E-state index in [-0.39, 0.29) is 35.5 Å². The SMILES string of the molecule is CCOC(=O)COc1c(OC)cc(C=Nn2c(C3CCCCC3)nc3ccccc3c2=O)c(Br)c1Cl. The normalized spacial score (nSPS) is 14.3. The number of benzene rings is 2. The maximum Gasteiger partial charge on any atom is 0.344 e. The van der Waals surface area contributed by atoms with Crippen LogP contribution in [0.25, 0.3) is 10.9 Å². The highest BCUT2D eigenvalue weighted by Gasteiger charge is 2.23. The summed E-state index contributed by atoms with van der Waals surface area (Å²) in [6.45, 7) is 1.65. The van der Waals surface area contributed by atoms with Crippen LogP contribution in [0.5, 0.6) is 11.5 Å². The Balaban J connectivity index is 1.74. The number of methoxy groups -OCH3 is 1. The van der Waals surface area contributed by atoms with Gasteiger partial charge in [0.25, 0.3) is 5.56 Å². The van der Waals surface area contributed by atoms with Crippen molar-refractivity contribution >= 4 is 50.6 Å². The number of esters is 1. The van der Waals surface area contributed by atoms with Gasteiger partial charge < -0.3 is 14.2 Å². The van der Waals surface area contributed by atoms with Gasteiger partial charge in [0.05, 0.1) is 30.8 Å². The van der Waals surface area contributed by atoms with E-state index in [1.54, 1.807) is 19.1 Å². The van der Waals surface area contributed by atoms with Crippen molar-refractivity contribution in [2.24, 2.45) is 5.10 Å². The van der Waals surface area contributed by atoms with Crippen molar-refractivity contribution in [2.45, 2.75) is 44.9 Å². The Hall–Kier alpha value is -2.91. The number of carbonyl (C=O) groups excluding carboxylic acids is 1. The Morgan fingerprint density at radius 3 is 2.75 bits per heavy atom. The molecule has 0 atom stereocenters. The molecule has 2 aromatic carbocycles. The van der Waals surface area contributed by atoms with Crippen molar-refractivity contribution in [3.63, 3.8) is 0 Å². The molecule has 10 heteroatoms. The molecule has 1 heterocycles. The molecular formula is C26H27BrClN3O5. The first-order valence-electron chi connectivity index (χ1n) is 11.8. The first-order valence-corrected chi connectivity index (χ1v) is 13.0. The predicted octanol–water partition coefficient (Wildman–Crippen LogP) is 5.69. The predicted molar refractivity (Wildman–Crippen MR) is 143 cm³/mol. The lowest BCUT2D eigenvalue weighted by Gasteiger charge is -2.22. The lowest BCUT2D eigenvalue weighted by molar-refractivity contribution is -0.145. The van der Waals surface area contributed by atoms with Gasteiger partial charge in [0.15, 0.2) is 18.1 Å². The molecule has 1 aromatic heterocycles.